The van der Waals surface area contributed by atoms with Gasteiger partial charge in [0.1, 0.15) is 0 Å². The van der Waals surface area contributed by atoms with Crippen LogP contribution in [-0.4, -0.2) is 0 Å². The smallest absolute Gasteiger partial charge is 0.0231 e. The van der Waals surface area contributed by atoms with Gasteiger partial charge in [-0.25, -0.2) is 0 Å². The van der Waals surface area contributed by atoms with Crippen LogP contribution in [0.2, 0.25) is 0 Å². The predicted octanol–water partition coefficient (Wildman–Crippen LogP) is 8.38. The van der Waals surface area contributed by atoms with Crippen molar-refractivity contribution in [2.75, 3.05) is 0 Å². The van der Waals surface area contributed by atoms with Gasteiger partial charge in [-0.3, -0.25) is 0 Å². The standard InChI is InChI=1S/C23H42/c1-2-3-4-5-6-7-8-9-10-11-12-13-14-15-16-17-20-23-21-18-19-22-23/h9-10,18,21,23H,2-8,11-17,19-20,22H2,1H3. The molecule has 0 spiro atoms. The van der Waals surface area contributed by atoms with E-state index < -0.39 is 0 Å². The fourth-order valence-corrected chi connectivity index (χ4v) is 3.59. The van der Waals surface area contributed by atoms with Crippen LogP contribution < -0.4 is 0 Å². The number of unbranched alkanes of at least 4 members (excludes halogenated alkanes) is 12. The lowest BCUT2D eigenvalue weighted by molar-refractivity contribution is 0.511. The summed E-state index contributed by atoms with van der Waals surface area (Å²) in [6, 6.07) is 0. The molecule has 0 N–H and O–H groups in total. The van der Waals surface area contributed by atoms with E-state index in [1.807, 2.05) is 0 Å². The van der Waals surface area contributed by atoms with Crippen molar-refractivity contribution in [3.05, 3.63) is 24.3 Å². The first-order valence-corrected chi connectivity index (χ1v) is 10.7. The van der Waals surface area contributed by atoms with Crippen molar-refractivity contribution >= 4 is 0 Å². The monoisotopic (exact) mass is 318 g/mol. The van der Waals surface area contributed by atoms with Crippen molar-refractivity contribution in [3.63, 3.8) is 0 Å². The van der Waals surface area contributed by atoms with Gasteiger partial charge < -0.3 is 0 Å². The van der Waals surface area contributed by atoms with Gasteiger partial charge in [0.25, 0.3) is 0 Å². The zero-order valence-corrected chi connectivity index (χ0v) is 15.9. The Morgan fingerprint density at radius 3 is 1.87 bits per heavy atom. The maximum absolute atomic E-state index is 2.44. The molecular formula is C23H42. The maximum Gasteiger partial charge on any atom is -0.0231 e. The van der Waals surface area contributed by atoms with Gasteiger partial charge in [0.05, 0.1) is 0 Å². The molecule has 0 aromatic rings. The van der Waals surface area contributed by atoms with Crippen LogP contribution in [0.25, 0.3) is 0 Å². The third-order valence-corrected chi connectivity index (χ3v) is 5.20. The molecule has 1 atom stereocenters. The number of hydrogen-bond acceptors (Lipinski definition) is 0. The summed E-state index contributed by atoms with van der Waals surface area (Å²) in [4.78, 5) is 0. The summed E-state index contributed by atoms with van der Waals surface area (Å²) < 4.78 is 0. The van der Waals surface area contributed by atoms with Gasteiger partial charge in [-0.2, -0.15) is 0 Å². The summed E-state index contributed by atoms with van der Waals surface area (Å²) in [5.74, 6) is 0.923. The first-order chi connectivity index (χ1) is 11.4. The van der Waals surface area contributed by atoms with Crippen molar-refractivity contribution in [1.82, 2.24) is 0 Å². The maximum atomic E-state index is 2.44. The van der Waals surface area contributed by atoms with Gasteiger partial charge in [0, 0.05) is 0 Å². The minimum absolute atomic E-state index is 0.923. The van der Waals surface area contributed by atoms with Gasteiger partial charge in [-0.15, -0.1) is 0 Å². The molecule has 0 aliphatic heterocycles. The largest absolute Gasteiger partial charge is 0.0885 e. The molecule has 0 heteroatoms. The fourth-order valence-electron chi connectivity index (χ4n) is 3.59. The Morgan fingerprint density at radius 1 is 0.739 bits per heavy atom. The Balaban J connectivity index is 1.70. The predicted molar refractivity (Wildman–Crippen MR) is 106 cm³/mol. The lowest BCUT2D eigenvalue weighted by Gasteiger charge is -2.06. The van der Waals surface area contributed by atoms with Gasteiger partial charge in [-0.05, 0) is 50.9 Å². The van der Waals surface area contributed by atoms with E-state index in [9.17, 15) is 0 Å². The second kappa shape index (κ2) is 16.3. The van der Waals surface area contributed by atoms with Crippen LogP contribution in [-0.2, 0) is 0 Å². The zero-order valence-electron chi connectivity index (χ0n) is 15.9. The number of hydrogen-bond donors (Lipinski definition) is 0. The molecule has 0 heterocycles. The van der Waals surface area contributed by atoms with Crippen molar-refractivity contribution in [2.45, 2.75) is 116 Å². The van der Waals surface area contributed by atoms with Crippen molar-refractivity contribution in [2.24, 2.45) is 5.92 Å². The van der Waals surface area contributed by atoms with Crippen LogP contribution in [0, 0.1) is 5.92 Å². The lowest BCUT2D eigenvalue weighted by atomic mass is 10.00. The molecule has 1 rings (SSSR count). The molecule has 0 saturated heterocycles. The van der Waals surface area contributed by atoms with E-state index in [2.05, 4.69) is 31.2 Å². The summed E-state index contributed by atoms with van der Waals surface area (Å²) >= 11 is 0. The van der Waals surface area contributed by atoms with Crippen LogP contribution in [0.5, 0.6) is 0 Å². The van der Waals surface area contributed by atoms with Crippen molar-refractivity contribution in [1.29, 1.82) is 0 Å². The highest BCUT2D eigenvalue weighted by atomic mass is 14.1. The third-order valence-electron chi connectivity index (χ3n) is 5.20. The van der Waals surface area contributed by atoms with Crippen LogP contribution in [0.4, 0.5) is 0 Å². The third kappa shape index (κ3) is 13.6. The average molecular weight is 319 g/mol. The zero-order chi connectivity index (χ0) is 16.4. The number of allylic oxidation sites excluding steroid dienone is 4. The highest BCUT2D eigenvalue weighted by Crippen LogP contribution is 2.23. The fraction of sp³-hybridized carbons (Fsp3) is 0.826. The number of rotatable bonds is 16. The van der Waals surface area contributed by atoms with Crippen LogP contribution in [0.3, 0.4) is 0 Å². The van der Waals surface area contributed by atoms with E-state index in [1.54, 1.807) is 0 Å². The Bertz CT molecular complexity index is 286. The normalized spacial score (nSPS) is 17.5. The minimum atomic E-state index is 0.923. The molecule has 1 unspecified atom stereocenters. The quantitative estimate of drug-likeness (QED) is 0.198. The molecule has 0 saturated carbocycles. The van der Waals surface area contributed by atoms with Crippen molar-refractivity contribution < 1.29 is 0 Å². The summed E-state index contributed by atoms with van der Waals surface area (Å²) in [5.41, 5.74) is 0. The van der Waals surface area contributed by atoms with Crippen LogP contribution in [0.15, 0.2) is 24.3 Å². The van der Waals surface area contributed by atoms with Crippen molar-refractivity contribution in [3.8, 4) is 0 Å². The van der Waals surface area contributed by atoms with E-state index in [0.29, 0.717) is 0 Å². The van der Waals surface area contributed by atoms with E-state index in [-0.39, 0.29) is 0 Å². The van der Waals surface area contributed by atoms with Gasteiger partial charge >= 0.3 is 0 Å². The second-order valence-electron chi connectivity index (χ2n) is 7.49. The molecule has 134 valence electrons. The SMILES string of the molecule is CCCCCCCCC=CCCCCCCCCC1C=CCC1. The van der Waals surface area contributed by atoms with Crippen LogP contribution >= 0.6 is 0 Å². The Morgan fingerprint density at radius 2 is 1.30 bits per heavy atom. The molecule has 0 amide bonds. The Hall–Kier alpha value is -0.520. The molecule has 1 aliphatic rings. The average Bonchev–Trinajstić information content (AvgIpc) is 3.08. The molecule has 0 fully saturated rings. The van der Waals surface area contributed by atoms with Crippen LogP contribution in [0.1, 0.15) is 116 Å². The lowest BCUT2D eigenvalue weighted by Crippen LogP contribution is -1.91. The highest BCUT2D eigenvalue weighted by Gasteiger charge is 2.07. The second-order valence-corrected chi connectivity index (χ2v) is 7.49. The summed E-state index contributed by atoms with van der Waals surface area (Å²) in [5, 5.41) is 0. The molecular weight excluding hydrogens is 276 g/mol. The van der Waals surface area contributed by atoms with E-state index in [4.69, 9.17) is 0 Å². The molecule has 0 aromatic carbocycles. The van der Waals surface area contributed by atoms with Gasteiger partial charge in [0.2, 0.25) is 0 Å². The van der Waals surface area contributed by atoms with E-state index in [1.165, 1.54) is 109 Å². The summed E-state index contributed by atoms with van der Waals surface area (Å²) in [7, 11) is 0. The first-order valence-electron chi connectivity index (χ1n) is 10.7. The topological polar surface area (TPSA) is 0 Å². The Labute approximate surface area is 146 Å². The van der Waals surface area contributed by atoms with E-state index >= 15 is 0 Å². The first kappa shape index (κ1) is 20.5. The van der Waals surface area contributed by atoms with Gasteiger partial charge in [0.15, 0.2) is 0 Å². The molecule has 23 heavy (non-hydrogen) atoms. The molecule has 0 aromatic heterocycles. The molecule has 1 aliphatic carbocycles. The summed E-state index contributed by atoms with van der Waals surface area (Å²) in [6.07, 6.45) is 33.6. The Kier molecular flexibility index (Phi) is 14.6. The van der Waals surface area contributed by atoms with Gasteiger partial charge in [-0.1, -0.05) is 95.4 Å². The molecule has 0 bridgehead atoms. The molecule has 0 radical (unpaired) electrons. The highest BCUT2D eigenvalue weighted by molar-refractivity contribution is 4.95. The minimum Gasteiger partial charge on any atom is -0.0885 e. The molecule has 0 nitrogen and oxygen atoms in total. The van der Waals surface area contributed by atoms with E-state index in [0.717, 1.165) is 5.92 Å². The summed E-state index contributed by atoms with van der Waals surface area (Å²) in [6.45, 7) is 2.29.